The van der Waals surface area contributed by atoms with Crippen LogP contribution in [0.4, 0.5) is 0 Å². The second-order valence-corrected chi connectivity index (χ2v) is 6.16. The highest BCUT2D eigenvalue weighted by atomic mass is 35.5. The summed E-state index contributed by atoms with van der Waals surface area (Å²) < 4.78 is 5.58. The quantitative estimate of drug-likeness (QED) is 0.679. The zero-order chi connectivity index (χ0) is 17.2. The van der Waals surface area contributed by atoms with Gasteiger partial charge in [0.05, 0.1) is 6.61 Å². The number of hydrogen-bond acceptors (Lipinski definition) is 3. The van der Waals surface area contributed by atoms with E-state index in [4.69, 9.17) is 16.3 Å². The smallest absolute Gasteiger partial charge is 0.242 e. The summed E-state index contributed by atoms with van der Waals surface area (Å²) in [6.45, 7) is 6.36. The Balaban J connectivity index is 2.19. The number of nitrogens with one attached hydrogen (secondary N) is 2. The maximum Gasteiger partial charge on any atom is 0.242 e. The minimum absolute atomic E-state index is 0.0483. The molecule has 0 saturated carbocycles. The Hall–Kier alpha value is -1.75. The zero-order valence-corrected chi connectivity index (χ0v) is 14.7. The molecular weight excluding hydrogens is 316 g/mol. The summed E-state index contributed by atoms with van der Waals surface area (Å²) in [7, 11) is 0. The van der Waals surface area contributed by atoms with Gasteiger partial charge in [-0.3, -0.25) is 9.59 Å². The first kappa shape index (κ1) is 19.3. The topological polar surface area (TPSA) is 67.4 Å². The minimum Gasteiger partial charge on any atom is -0.494 e. The third-order valence-corrected chi connectivity index (χ3v) is 3.51. The van der Waals surface area contributed by atoms with Crippen LogP contribution in [0.15, 0.2) is 24.3 Å². The molecule has 128 valence electrons. The monoisotopic (exact) mass is 340 g/mol. The van der Waals surface area contributed by atoms with Crippen molar-refractivity contribution < 1.29 is 14.3 Å². The summed E-state index contributed by atoms with van der Waals surface area (Å²) in [6, 6.07) is 6.73. The highest BCUT2D eigenvalue weighted by Gasteiger charge is 2.22. The number of carbonyl (C=O) groups excluding carboxylic acids is 2. The third kappa shape index (κ3) is 7.88. The van der Waals surface area contributed by atoms with Crippen LogP contribution in [0.1, 0.15) is 33.6 Å². The van der Waals surface area contributed by atoms with Crippen LogP contribution < -0.4 is 15.4 Å². The predicted molar refractivity (Wildman–Crippen MR) is 91.6 cm³/mol. The van der Waals surface area contributed by atoms with E-state index in [1.54, 1.807) is 12.1 Å². The summed E-state index contributed by atoms with van der Waals surface area (Å²) in [6.07, 6.45) is 1.64. The van der Waals surface area contributed by atoms with E-state index in [0.29, 0.717) is 18.2 Å². The number of carbonyl (C=O) groups is 2. The lowest BCUT2D eigenvalue weighted by molar-refractivity contribution is -0.129. The molecule has 0 fully saturated rings. The SMILES string of the molecule is CC(=O)N[C@@H](C(=O)NCCCCOc1ccc(Cl)cc1)C(C)C. The number of benzene rings is 1. The molecule has 0 radical (unpaired) electrons. The van der Waals surface area contributed by atoms with Gasteiger partial charge >= 0.3 is 0 Å². The van der Waals surface area contributed by atoms with Gasteiger partial charge in [-0.05, 0) is 43.0 Å². The molecule has 0 spiro atoms. The van der Waals surface area contributed by atoms with Crippen LogP contribution in [0.2, 0.25) is 5.02 Å². The van der Waals surface area contributed by atoms with Crippen LogP contribution in [0.3, 0.4) is 0 Å². The molecule has 0 aromatic heterocycles. The molecule has 0 aliphatic carbocycles. The Bertz CT molecular complexity index is 503. The van der Waals surface area contributed by atoms with Crippen LogP contribution >= 0.6 is 11.6 Å². The molecular formula is C17H25ClN2O3. The maximum atomic E-state index is 12.0. The molecule has 0 bridgehead atoms. The first-order valence-corrected chi connectivity index (χ1v) is 8.21. The van der Waals surface area contributed by atoms with Crippen molar-refractivity contribution in [3.8, 4) is 5.75 Å². The van der Waals surface area contributed by atoms with Crippen LogP contribution in [0.5, 0.6) is 5.75 Å². The molecule has 6 heteroatoms. The maximum absolute atomic E-state index is 12.0. The average molecular weight is 341 g/mol. The second-order valence-electron chi connectivity index (χ2n) is 5.72. The molecule has 0 unspecified atom stereocenters. The summed E-state index contributed by atoms with van der Waals surface area (Å²) in [4.78, 5) is 23.2. The lowest BCUT2D eigenvalue weighted by Gasteiger charge is -2.20. The normalized spacial score (nSPS) is 11.9. The molecule has 2 amide bonds. The summed E-state index contributed by atoms with van der Waals surface area (Å²) in [5.41, 5.74) is 0. The van der Waals surface area contributed by atoms with Crippen molar-refractivity contribution in [1.82, 2.24) is 10.6 Å². The number of rotatable bonds is 9. The van der Waals surface area contributed by atoms with E-state index in [0.717, 1.165) is 18.6 Å². The van der Waals surface area contributed by atoms with Crippen LogP contribution in [-0.4, -0.2) is 31.0 Å². The minimum atomic E-state index is -0.488. The fraction of sp³-hybridized carbons (Fsp3) is 0.529. The van der Waals surface area contributed by atoms with Crippen LogP contribution in [0.25, 0.3) is 0 Å². The van der Waals surface area contributed by atoms with Gasteiger partial charge in [0.1, 0.15) is 11.8 Å². The van der Waals surface area contributed by atoms with Crippen LogP contribution in [0, 0.1) is 5.92 Å². The molecule has 23 heavy (non-hydrogen) atoms. The van der Waals surface area contributed by atoms with E-state index >= 15 is 0 Å². The van der Waals surface area contributed by atoms with E-state index in [1.807, 2.05) is 26.0 Å². The van der Waals surface area contributed by atoms with Gasteiger partial charge in [-0.1, -0.05) is 25.4 Å². The molecule has 2 N–H and O–H groups in total. The molecule has 1 atom stereocenters. The molecule has 0 heterocycles. The van der Waals surface area contributed by atoms with Gasteiger partial charge in [0, 0.05) is 18.5 Å². The van der Waals surface area contributed by atoms with Gasteiger partial charge in [-0.15, -0.1) is 0 Å². The fourth-order valence-corrected chi connectivity index (χ4v) is 2.15. The van der Waals surface area contributed by atoms with Crippen molar-refractivity contribution in [2.45, 2.75) is 39.7 Å². The summed E-state index contributed by atoms with van der Waals surface area (Å²) in [5.74, 6) is 0.486. The van der Waals surface area contributed by atoms with Gasteiger partial charge < -0.3 is 15.4 Å². The third-order valence-electron chi connectivity index (χ3n) is 3.26. The van der Waals surface area contributed by atoms with E-state index < -0.39 is 6.04 Å². The second kappa shape index (κ2) is 10.1. The van der Waals surface area contributed by atoms with E-state index in [2.05, 4.69) is 10.6 Å². The van der Waals surface area contributed by atoms with Crippen molar-refractivity contribution >= 4 is 23.4 Å². The van der Waals surface area contributed by atoms with Crippen molar-refractivity contribution in [2.75, 3.05) is 13.2 Å². The number of ether oxygens (including phenoxy) is 1. The van der Waals surface area contributed by atoms with Crippen molar-refractivity contribution in [1.29, 1.82) is 0 Å². The van der Waals surface area contributed by atoms with Gasteiger partial charge in [0.2, 0.25) is 11.8 Å². The molecule has 5 nitrogen and oxygen atoms in total. The standard InChI is InChI=1S/C17H25ClN2O3/c1-12(2)16(20-13(3)21)17(22)19-10-4-5-11-23-15-8-6-14(18)7-9-15/h6-9,12,16H,4-5,10-11H2,1-3H3,(H,19,22)(H,20,21)/t16-/m1/s1. The molecule has 0 aliphatic rings. The number of hydrogen-bond donors (Lipinski definition) is 2. The molecule has 0 saturated heterocycles. The van der Waals surface area contributed by atoms with Gasteiger partial charge in [-0.2, -0.15) is 0 Å². The Kier molecular flexibility index (Phi) is 8.48. The Morgan fingerprint density at radius 3 is 2.39 bits per heavy atom. The molecule has 0 aliphatic heterocycles. The number of amides is 2. The molecule has 1 aromatic rings. The molecule has 1 aromatic carbocycles. The fourth-order valence-electron chi connectivity index (χ4n) is 2.02. The van der Waals surface area contributed by atoms with E-state index in [9.17, 15) is 9.59 Å². The first-order valence-electron chi connectivity index (χ1n) is 7.83. The molecule has 1 rings (SSSR count). The summed E-state index contributed by atoms with van der Waals surface area (Å²) >= 11 is 5.80. The number of unbranched alkanes of at least 4 members (excludes halogenated alkanes) is 1. The van der Waals surface area contributed by atoms with Gasteiger partial charge in [0.25, 0.3) is 0 Å². The highest BCUT2D eigenvalue weighted by molar-refractivity contribution is 6.30. The Morgan fingerprint density at radius 1 is 1.17 bits per heavy atom. The Morgan fingerprint density at radius 2 is 1.83 bits per heavy atom. The van der Waals surface area contributed by atoms with E-state index in [-0.39, 0.29) is 17.7 Å². The largest absolute Gasteiger partial charge is 0.494 e. The lowest BCUT2D eigenvalue weighted by atomic mass is 10.0. The van der Waals surface area contributed by atoms with Crippen molar-refractivity contribution in [3.05, 3.63) is 29.3 Å². The predicted octanol–water partition coefficient (Wildman–Crippen LogP) is 2.78. The van der Waals surface area contributed by atoms with E-state index in [1.165, 1.54) is 6.92 Å². The first-order chi connectivity index (χ1) is 10.9. The zero-order valence-electron chi connectivity index (χ0n) is 13.9. The van der Waals surface area contributed by atoms with Gasteiger partial charge in [-0.25, -0.2) is 0 Å². The Labute approximate surface area is 142 Å². The van der Waals surface area contributed by atoms with Crippen molar-refractivity contribution in [3.63, 3.8) is 0 Å². The summed E-state index contributed by atoms with van der Waals surface area (Å²) in [5, 5.41) is 6.20. The van der Waals surface area contributed by atoms with Crippen molar-refractivity contribution in [2.24, 2.45) is 5.92 Å². The highest BCUT2D eigenvalue weighted by Crippen LogP contribution is 2.15. The van der Waals surface area contributed by atoms with Crippen LogP contribution in [-0.2, 0) is 9.59 Å². The van der Waals surface area contributed by atoms with Gasteiger partial charge in [0.15, 0.2) is 0 Å². The lowest BCUT2D eigenvalue weighted by Crippen LogP contribution is -2.49. The number of halogens is 1. The average Bonchev–Trinajstić information content (AvgIpc) is 2.49.